The van der Waals surface area contributed by atoms with Crippen molar-refractivity contribution >= 4 is 0 Å². The van der Waals surface area contributed by atoms with Crippen LogP contribution in [0.1, 0.15) is 67.2 Å². The van der Waals surface area contributed by atoms with E-state index in [0.29, 0.717) is 6.04 Å². The van der Waals surface area contributed by atoms with Crippen LogP contribution < -0.4 is 5.32 Å². The second-order valence-corrected chi connectivity index (χ2v) is 6.05. The Kier molecular flexibility index (Phi) is 8.89. The van der Waals surface area contributed by atoms with Gasteiger partial charge >= 0.3 is 0 Å². The molecule has 0 rings (SSSR count). The van der Waals surface area contributed by atoms with Crippen molar-refractivity contribution in [3.63, 3.8) is 0 Å². The molecule has 2 atom stereocenters. The van der Waals surface area contributed by atoms with Crippen molar-refractivity contribution < 1.29 is 0 Å². The number of hydrogen-bond donors (Lipinski definition) is 1. The number of hydrogen-bond acceptors (Lipinski definition) is 2. The molecule has 2 unspecified atom stereocenters. The van der Waals surface area contributed by atoms with Crippen molar-refractivity contribution in [3.8, 4) is 0 Å². The zero-order chi connectivity index (χ0) is 14.2. The highest BCUT2D eigenvalue weighted by atomic mass is 15.2. The first-order valence-electron chi connectivity index (χ1n) is 7.88. The van der Waals surface area contributed by atoms with Gasteiger partial charge in [-0.05, 0) is 45.8 Å². The van der Waals surface area contributed by atoms with Gasteiger partial charge in [0.2, 0.25) is 0 Å². The second-order valence-electron chi connectivity index (χ2n) is 6.05. The van der Waals surface area contributed by atoms with E-state index in [0.717, 1.165) is 19.0 Å². The second kappa shape index (κ2) is 8.92. The zero-order valence-electron chi connectivity index (χ0n) is 13.8. The summed E-state index contributed by atoms with van der Waals surface area (Å²) in [6, 6.07) is 0.598. The monoisotopic (exact) mass is 256 g/mol. The molecule has 0 aromatic heterocycles. The molecular formula is C16H36N2. The van der Waals surface area contributed by atoms with E-state index in [1.54, 1.807) is 0 Å². The third-order valence-corrected chi connectivity index (χ3v) is 4.58. The Labute approximate surface area is 116 Å². The van der Waals surface area contributed by atoms with Gasteiger partial charge in [0.25, 0.3) is 0 Å². The normalized spacial score (nSPS) is 17.2. The number of rotatable bonds is 10. The first kappa shape index (κ1) is 17.9. The van der Waals surface area contributed by atoms with Gasteiger partial charge in [0.15, 0.2) is 0 Å². The van der Waals surface area contributed by atoms with Crippen LogP contribution in [0.15, 0.2) is 0 Å². The Morgan fingerprint density at radius 3 is 1.94 bits per heavy atom. The molecule has 0 aromatic rings. The van der Waals surface area contributed by atoms with E-state index >= 15 is 0 Å². The lowest BCUT2D eigenvalue weighted by Gasteiger charge is -2.46. The fraction of sp³-hybridized carbons (Fsp3) is 1.00. The van der Waals surface area contributed by atoms with E-state index in [1.807, 2.05) is 0 Å². The molecule has 0 fully saturated rings. The molecule has 0 aliphatic rings. The SMILES string of the molecule is CCN(CC)C(C)(CC)C(CCCC(C)C)NC. The van der Waals surface area contributed by atoms with Gasteiger partial charge in [0.1, 0.15) is 0 Å². The minimum absolute atomic E-state index is 0.287. The van der Waals surface area contributed by atoms with Crippen molar-refractivity contribution in [2.24, 2.45) is 5.92 Å². The third-order valence-electron chi connectivity index (χ3n) is 4.58. The lowest BCUT2D eigenvalue weighted by atomic mass is 9.83. The number of likely N-dealkylation sites (N-methyl/N-ethyl adjacent to an activating group) is 2. The molecule has 0 radical (unpaired) electrons. The average molecular weight is 256 g/mol. The highest BCUT2D eigenvalue weighted by Crippen LogP contribution is 2.27. The third kappa shape index (κ3) is 4.89. The summed E-state index contributed by atoms with van der Waals surface area (Å²) in [7, 11) is 2.12. The smallest absolute Gasteiger partial charge is 0.0331 e. The van der Waals surface area contributed by atoms with Gasteiger partial charge in [-0.3, -0.25) is 4.90 Å². The summed E-state index contributed by atoms with van der Waals surface area (Å²) >= 11 is 0. The standard InChI is InChI=1S/C16H36N2/c1-8-16(6,18(9-2)10-3)15(17-7)13-11-12-14(4)5/h14-15,17H,8-13H2,1-7H3. The average Bonchev–Trinajstić information content (AvgIpc) is 2.35. The van der Waals surface area contributed by atoms with Crippen molar-refractivity contribution in [1.29, 1.82) is 0 Å². The zero-order valence-corrected chi connectivity index (χ0v) is 13.8. The molecule has 0 aromatic carbocycles. The summed E-state index contributed by atoms with van der Waals surface area (Å²) in [6.45, 7) is 16.2. The summed E-state index contributed by atoms with van der Waals surface area (Å²) in [5.41, 5.74) is 0.287. The number of nitrogens with one attached hydrogen (secondary N) is 1. The largest absolute Gasteiger partial charge is 0.315 e. The predicted molar refractivity (Wildman–Crippen MR) is 83.2 cm³/mol. The summed E-state index contributed by atoms with van der Waals surface area (Å²) in [6.07, 6.45) is 5.17. The Hall–Kier alpha value is -0.0800. The molecule has 0 aliphatic heterocycles. The molecule has 0 amide bonds. The van der Waals surface area contributed by atoms with Crippen LogP contribution in [0.5, 0.6) is 0 Å². The summed E-state index contributed by atoms with van der Waals surface area (Å²) < 4.78 is 0. The number of nitrogens with zero attached hydrogens (tertiary/aromatic N) is 1. The quantitative estimate of drug-likeness (QED) is 0.637. The van der Waals surface area contributed by atoms with Crippen LogP contribution in [-0.2, 0) is 0 Å². The van der Waals surface area contributed by atoms with Crippen molar-refractivity contribution in [2.75, 3.05) is 20.1 Å². The fourth-order valence-corrected chi connectivity index (χ4v) is 3.13. The summed E-state index contributed by atoms with van der Waals surface area (Å²) in [5, 5.41) is 3.57. The predicted octanol–water partition coefficient (Wildman–Crippen LogP) is 3.91. The Balaban J connectivity index is 4.63. The molecular weight excluding hydrogens is 220 g/mol. The van der Waals surface area contributed by atoms with Crippen LogP contribution in [0.3, 0.4) is 0 Å². The van der Waals surface area contributed by atoms with Crippen LogP contribution in [0.25, 0.3) is 0 Å². The fourth-order valence-electron chi connectivity index (χ4n) is 3.13. The van der Waals surface area contributed by atoms with Crippen LogP contribution in [0, 0.1) is 5.92 Å². The van der Waals surface area contributed by atoms with Crippen LogP contribution in [-0.4, -0.2) is 36.6 Å². The maximum absolute atomic E-state index is 3.57. The highest BCUT2D eigenvalue weighted by molar-refractivity contribution is 4.95. The Morgan fingerprint density at radius 1 is 1.06 bits per heavy atom. The van der Waals surface area contributed by atoms with E-state index in [2.05, 4.69) is 58.8 Å². The molecule has 0 aliphatic carbocycles. The molecule has 1 N–H and O–H groups in total. The molecule has 2 nitrogen and oxygen atoms in total. The molecule has 110 valence electrons. The molecule has 0 bridgehead atoms. The van der Waals surface area contributed by atoms with Crippen LogP contribution >= 0.6 is 0 Å². The maximum atomic E-state index is 3.57. The first-order chi connectivity index (χ1) is 8.46. The molecule has 0 heterocycles. The van der Waals surface area contributed by atoms with Gasteiger partial charge in [-0.2, -0.15) is 0 Å². The minimum Gasteiger partial charge on any atom is -0.315 e. The van der Waals surface area contributed by atoms with Crippen LogP contribution in [0.4, 0.5) is 0 Å². The Morgan fingerprint density at radius 2 is 1.61 bits per heavy atom. The van der Waals surface area contributed by atoms with Gasteiger partial charge in [0.05, 0.1) is 0 Å². The lowest BCUT2D eigenvalue weighted by Crippen LogP contribution is -2.58. The minimum atomic E-state index is 0.287. The van der Waals surface area contributed by atoms with Crippen molar-refractivity contribution in [2.45, 2.75) is 78.8 Å². The van der Waals surface area contributed by atoms with E-state index in [1.165, 1.54) is 25.7 Å². The molecule has 0 saturated carbocycles. The lowest BCUT2D eigenvalue weighted by molar-refractivity contribution is 0.0683. The van der Waals surface area contributed by atoms with E-state index in [4.69, 9.17) is 0 Å². The van der Waals surface area contributed by atoms with E-state index in [-0.39, 0.29) is 5.54 Å². The Bertz CT molecular complexity index is 199. The highest BCUT2D eigenvalue weighted by Gasteiger charge is 2.35. The summed E-state index contributed by atoms with van der Waals surface area (Å²) in [4.78, 5) is 2.61. The molecule has 18 heavy (non-hydrogen) atoms. The van der Waals surface area contributed by atoms with Crippen molar-refractivity contribution in [1.82, 2.24) is 10.2 Å². The molecule has 0 spiro atoms. The summed E-state index contributed by atoms with van der Waals surface area (Å²) in [5.74, 6) is 0.823. The van der Waals surface area contributed by atoms with Gasteiger partial charge in [0, 0.05) is 11.6 Å². The van der Waals surface area contributed by atoms with E-state index in [9.17, 15) is 0 Å². The maximum Gasteiger partial charge on any atom is 0.0331 e. The van der Waals surface area contributed by atoms with Gasteiger partial charge in [-0.25, -0.2) is 0 Å². The first-order valence-corrected chi connectivity index (χ1v) is 7.88. The van der Waals surface area contributed by atoms with Gasteiger partial charge < -0.3 is 5.32 Å². The van der Waals surface area contributed by atoms with Gasteiger partial charge in [-0.1, -0.05) is 47.5 Å². The molecule has 0 saturated heterocycles. The van der Waals surface area contributed by atoms with Crippen LogP contribution in [0.2, 0.25) is 0 Å². The van der Waals surface area contributed by atoms with Gasteiger partial charge in [-0.15, -0.1) is 0 Å². The van der Waals surface area contributed by atoms with E-state index < -0.39 is 0 Å². The topological polar surface area (TPSA) is 15.3 Å². The molecule has 2 heteroatoms. The van der Waals surface area contributed by atoms with Crippen molar-refractivity contribution in [3.05, 3.63) is 0 Å².